The molecule has 1 aliphatic rings. The summed E-state index contributed by atoms with van der Waals surface area (Å²) in [6.07, 6.45) is 0.651. The molecule has 1 heterocycles. The van der Waals surface area contributed by atoms with Gasteiger partial charge in [0.05, 0.1) is 6.54 Å². The molecular weight excluding hydrogens is 304 g/mol. The number of amides is 1. The zero-order valence-corrected chi connectivity index (χ0v) is 13.2. The van der Waals surface area contributed by atoms with Gasteiger partial charge in [-0.15, -0.1) is 0 Å². The van der Waals surface area contributed by atoms with Gasteiger partial charge in [0, 0.05) is 32.2 Å². The van der Waals surface area contributed by atoms with Gasteiger partial charge in [-0.2, -0.15) is 8.78 Å². The zero-order chi connectivity index (χ0) is 16.7. The van der Waals surface area contributed by atoms with E-state index in [1.54, 1.807) is 12.1 Å². The number of hydrogen-bond acceptors (Lipinski definition) is 4. The molecule has 23 heavy (non-hydrogen) atoms. The number of hydrogen-bond donors (Lipinski definition) is 2. The molecule has 0 unspecified atom stereocenters. The Kier molecular flexibility index (Phi) is 6.73. The number of alkyl halides is 2. The Labute approximate surface area is 135 Å². The first-order valence-corrected chi connectivity index (χ1v) is 7.80. The lowest BCUT2D eigenvalue weighted by molar-refractivity contribution is -0.122. The van der Waals surface area contributed by atoms with Crippen LogP contribution in [0.1, 0.15) is 12.5 Å². The molecule has 1 fully saturated rings. The van der Waals surface area contributed by atoms with Gasteiger partial charge in [-0.3, -0.25) is 9.69 Å². The largest absolute Gasteiger partial charge is 0.435 e. The third-order valence-corrected chi connectivity index (χ3v) is 3.87. The minimum Gasteiger partial charge on any atom is -0.435 e. The normalized spacial score (nSPS) is 18.9. The van der Waals surface area contributed by atoms with E-state index in [0.717, 1.165) is 25.2 Å². The first kappa shape index (κ1) is 17.6. The van der Waals surface area contributed by atoms with Crippen molar-refractivity contribution in [2.24, 2.45) is 0 Å². The molecule has 1 aromatic rings. The standard InChI is InChI=1S/C16H23F2N3O2/c1-12-10-19-8-9-21(12)11-15(22)20-7-6-13-2-4-14(5-3-13)23-16(17)18/h2-5,12,16,19H,6-11H2,1H3,(H,20,22)/t12-/m0/s1. The van der Waals surface area contributed by atoms with Gasteiger partial charge in [0.25, 0.3) is 0 Å². The lowest BCUT2D eigenvalue weighted by Crippen LogP contribution is -2.52. The fourth-order valence-electron chi connectivity index (χ4n) is 2.54. The molecule has 1 atom stereocenters. The molecular formula is C16H23F2N3O2. The van der Waals surface area contributed by atoms with Gasteiger partial charge in [0.1, 0.15) is 5.75 Å². The first-order chi connectivity index (χ1) is 11.0. The number of halogens is 2. The summed E-state index contributed by atoms with van der Waals surface area (Å²) < 4.78 is 28.4. The summed E-state index contributed by atoms with van der Waals surface area (Å²) in [6, 6.07) is 6.82. The smallest absolute Gasteiger partial charge is 0.387 e. The van der Waals surface area contributed by atoms with E-state index in [-0.39, 0.29) is 11.7 Å². The predicted octanol–water partition coefficient (Wildman–Crippen LogP) is 1.24. The second-order valence-corrected chi connectivity index (χ2v) is 5.65. The number of nitrogens with zero attached hydrogens (tertiary/aromatic N) is 1. The Morgan fingerprint density at radius 3 is 2.83 bits per heavy atom. The molecule has 0 aliphatic carbocycles. The summed E-state index contributed by atoms with van der Waals surface area (Å²) in [7, 11) is 0. The van der Waals surface area contributed by atoms with E-state index in [1.807, 2.05) is 0 Å². The van der Waals surface area contributed by atoms with Crippen LogP contribution in [-0.4, -0.2) is 56.2 Å². The maximum atomic E-state index is 12.1. The van der Waals surface area contributed by atoms with Crippen LogP contribution in [0.25, 0.3) is 0 Å². The second kappa shape index (κ2) is 8.79. The Balaban J connectivity index is 1.68. The van der Waals surface area contributed by atoms with E-state index in [2.05, 4.69) is 27.2 Å². The van der Waals surface area contributed by atoms with Crippen LogP contribution >= 0.6 is 0 Å². The topological polar surface area (TPSA) is 53.6 Å². The summed E-state index contributed by atoms with van der Waals surface area (Å²) >= 11 is 0. The summed E-state index contributed by atoms with van der Waals surface area (Å²) in [4.78, 5) is 14.1. The van der Waals surface area contributed by atoms with Crippen molar-refractivity contribution >= 4 is 5.91 Å². The lowest BCUT2D eigenvalue weighted by atomic mass is 10.1. The Hall–Kier alpha value is -1.73. The number of nitrogens with one attached hydrogen (secondary N) is 2. The fraction of sp³-hybridized carbons (Fsp3) is 0.562. The summed E-state index contributed by atoms with van der Waals surface area (Å²) in [6.45, 7) is 2.90. The van der Waals surface area contributed by atoms with Crippen molar-refractivity contribution in [1.82, 2.24) is 15.5 Å². The van der Waals surface area contributed by atoms with E-state index in [0.29, 0.717) is 25.6 Å². The Bertz CT molecular complexity index is 497. The van der Waals surface area contributed by atoms with E-state index < -0.39 is 6.61 Å². The molecule has 0 bridgehead atoms. The Morgan fingerprint density at radius 1 is 1.43 bits per heavy atom. The highest BCUT2D eigenvalue weighted by Gasteiger charge is 2.19. The summed E-state index contributed by atoms with van der Waals surface area (Å²) in [5, 5.41) is 6.18. The van der Waals surface area contributed by atoms with Gasteiger partial charge >= 0.3 is 6.61 Å². The molecule has 1 aromatic carbocycles. The number of carbonyl (C=O) groups excluding carboxylic acids is 1. The molecule has 2 N–H and O–H groups in total. The third-order valence-electron chi connectivity index (χ3n) is 3.87. The molecule has 7 heteroatoms. The van der Waals surface area contributed by atoms with Crippen LogP contribution < -0.4 is 15.4 Å². The molecule has 5 nitrogen and oxygen atoms in total. The summed E-state index contributed by atoms with van der Waals surface area (Å²) in [5.74, 6) is 0.150. The molecule has 0 aromatic heterocycles. The highest BCUT2D eigenvalue weighted by molar-refractivity contribution is 5.78. The molecule has 128 valence electrons. The molecule has 1 amide bonds. The minimum absolute atomic E-state index is 0.0106. The van der Waals surface area contributed by atoms with Gasteiger partial charge in [-0.25, -0.2) is 0 Å². The molecule has 0 spiro atoms. The van der Waals surface area contributed by atoms with Gasteiger partial charge < -0.3 is 15.4 Å². The molecule has 1 aliphatic heterocycles. The van der Waals surface area contributed by atoms with Crippen LogP contribution in [0, 0.1) is 0 Å². The van der Waals surface area contributed by atoms with Crippen molar-refractivity contribution in [3.05, 3.63) is 29.8 Å². The number of benzene rings is 1. The van der Waals surface area contributed by atoms with Crippen molar-refractivity contribution in [2.45, 2.75) is 26.0 Å². The zero-order valence-electron chi connectivity index (χ0n) is 13.2. The molecule has 2 rings (SSSR count). The van der Waals surface area contributed by atoms with Crippen molar-refractivity contribution in [2.75, 3.05) is 32.7 Å². The van der Waals surface area contributed by atoms with Crippen LogP contribution in [0.5, 0.6) is 5.75 Å². The Morgan fingerprint density at radius 2 is 2.17 bits per heavy atom. The van der Waals surface area contributed by atoms with Gasteiger partial charge in [0.2, 0.25) is 5.91 Å². The summed E-state index contributed by atoms with van der Waals surface area (Å²) in [5.41, 5.74) is 0.961. The van der Waals surface area contributed by atoms with Crippen LogP contribution in [-0.2, 0) is 11.2 Å². The third kappa shape index (κ3) is 6.11. The van der Waals surface area contributed by atoms with Crippen LogP contribution in [0.3, 0.4) is 0 Å². The number of piperazine rings is 1. The lowest BCUT2D eigenvalue weighted by Gasteiger charge is -2.33. The predicted molar refractivity (Wildman–Crippen MR) is 83.7 cm³/mol. The molecule has 0 saturated carbocycles. The average molecular weight is 327 g/mol. The fourth-order valence-corrected chi connectivity index (χ4v) is 2.54. The number of rotatable bonds is 7. The monoisotopic (exact) mass is 327 g/mol. The maximum Gasteiger partial charge on any atom is 0.387 e. The van der Waals surface area contributed by atoms with Crippen molar-refractivity contribution in [1.29, 1.82) is 0 Å². The van der Waals surface area contributed by atoms with Crippen LogP contribution in [0.2, 0.25) is 0 Å². The number of ether oxygens (including phenoxy) is 1. The van der Waals surface area contributed by atoms with E-state index in [9.17, 15) is 13.6 Å². The van der Waals surface area contributed by atoms with E-state index in [1.165, 1.54) is 12.1 Å². The van der Waals surface area contributed by atoms with Gasteiger partial charge in [0.15, 0.2) is 0 Å². The van der Waals surface area contributed by atoms with Crippen molar-refractivity contribution in [3.8, 4) is 5.75 Å². The van der Waals surface area contributed by atoms with Crippen LogP contribution in [0.4, 0.5) is 8.78 Å². The minimum atomic E-state index is -2.81. The van der Waals surface area contributed by atoms with Crippen molar-refractivity contribution in [3.63, 3.8) is 0 Å². The first-order valence-electron chi connectivity index (χ1n) is 7.80. The SMILES string of the molecule is C[C@H]1CNCCN1CC(=O)NCCc1ccc(OC(F)F)cc1. The number of carbonyl (C=O) groups is 1. The maximum absolute atomic E-state index is 12.1. The van der Waals surface area contributed by atoms with E-state index in [4.69, 9.17) is 0 Å². The average Bonchev–Trinajstić information content (AvgIpc) is 2.51. The highest BCUT2D eigenvalue weighted by Crippen LogP contribution is 2.14. The van der Waals surface area contributed by atoms with Gasteiger partial charge in [-0.05, 0) is 31.0 Å². The van der Waals surface area contributed by atoms with Gasteiger partial charge in [-0.1, -0.05) is 12.1 Å². The second-order valence-electron chi connectivity index (χ2n) is 5.65. The highest BCUT2D eigenvalue weighted by atomic mass is 19.3. The van der Waals surface area contributed by atoms with Crippen LogP contribution in [0.15, 0.2) is 24.3 Å². The van der Waals surface area contributed by atoms with Crippen molar-refractivity contribution < 1.29 is 18.3 Å². The quantitative estimate of drug-likeness (QED) is 0.791. The molecule has 1 saturated heterocycles. The van der Waals surface area contributed by atoms with E-state index >= 15 is 0 Å². The molecule has 0 radical (unpaired) electrons.